The second kappa shape index (κ2) is 4.39. The van der Waals surface area contributed by atoms with Crippen molar-refractivity contribution in [1.29, 1.82) is 0 Å². The second-order valence-corrected chi connectivity index (χ2v) is 5.02. The molecule has 16 heavy (non-hydrogen) atoms. The molecular formula is C12H14N3S. The van der Waals surface area contributed by atoms with E-state index in [1.165, 1.54) is 24.0 Å². The van der Waals surface area contributed by atoms with Gasteiger partial charge in [-0.25, -0.2) is 4.98 Å². The van der Waals surface area contributed by atoms with Crippen LogP contribution in [-0.4, -0.2) is 18.1 Å². The van der Waals surface area contributed by atoms with Crippen LogP contribution in [0, 0.1) is 0 Å². The molecule has 0 unspecified atom stereocenters. The van der Waals surface area contributed by atoms with E-state index < -0.39 is 0 Å². The van der Waals surface area contributed by atoms with E-state index in [2.05, 4.69) is 33.6 Å². The van der Waals surface area contributed by atoms with Crippen LogP contribution in [-0.2, 0) is 0 Å². The standard InChI is InChI=1S/C12H14N3S/c1-4-8-13-15(9-5-1)12-14-10-6-2-3-7-11(10)16-12/h2-3,6-7H,1,4-5,8-9H2. The van der Waals surface area contributed by atoms with Crippen molar-refractivity contribution in [2.45, 2.75) is 19.3 Å². The van der Waals surface area contributed by atoms with Gasteiger partial charge in [0.15, 0.2) is 0 Å². The summed E-state index contributed by atoms with van der Waals surface area (Å²) in [6.45, 7) is 1.95. The molecule has 1 radical (unpaired) electrons. The molecule has 2 heterocycles. The summed E-state index contributed by atoms with van der Waals surface area (Å²) in [5, 5.41) is 3.13. The number of hydrogen-bond acceptors (Lipinski definition) is 3. The molecule has 83 valence electrons. The van der Waals surface area contributed by atoms with Crippen LogP contribution in [0.2, 0.25) is 0 Å². The third-order valence-electron chi connectivity index (χ3n) is 2.80. The molecule has 3 nitrogen and oxygen atoms in total. The Morgan fingerprint density at radius 1 is 1.12 bits per heavy atom. The Labute approximate surface area is 99.1 Å². The fourth-order valence-corrected chi connectivity index (χ4v) is 2.90. The average molecular weight is 232 g/mol. The van der Waals surface area contributed by atoms with Crippen molar-refractivity contribution in [2.24, 2.45) is 0 Å². The summed E-state index contributed by atoms with van der Waals surface area (Å²) in [6.07, 6.45) is 3.71. The van der Waals surface area contributed by atoms with E-state index in [-0.39, 0.29) is 0 Å². The van der Waals surface area contributed by atoms with Crippen molar-refractivity contribution >= 4 is 26.7 Å². The molecule has 0 amide bonds. The summed E-state index contributed by atoms with van der Waals surface area (Å²) in [6, 6.07) is 8.27. The number of thiazole rings is 1. The van der Waals surface area contributed by atoms with E-state index in [9.17, 15) is 0 Å². The first kappa shape index (κ1) is 10.1. The van der Waals surface area contributed by atoms with E-state index >= 15 is 0 Å². The summed E-state index contributed by atoms with van der Waals surface area (Å²) in [7, 11) is 0. The molecule has 1 aromatic carbocycles. The predicted molar refractivity (Wildman–Crippen MR) is 67.8 cm³/mol. The van der Waals surface area contributed by atoms with Crippen LogP contribution in [0.25, 0.3) is 10.2 Å². The molecule has 1 aliphatic heterocycles. The number of hydrogen-bond donors (Lipinski definition) is 0. The van der Waals surface area contributed by atoms with Gasteiger partial charge in [0.2, 0.25) is 5.13 Å². The largest absolute Gasteiger partial charge is 0.266 e. The maximum Gasteiger partial charge on any atom is 0.202 e. The number of para-hydroxylation sites is 1. The Kier molecular flexibility index (Phi) is 2.76. The van der Waals surface area contributed by atoms with Gasteiger partial charge in [0, 0.05) is 13.1 Å². The number of rotatable bonds is 1. The highest BCUT2D eigenvalue weighted by atomic mass is 32.1. The van der Waals surface area contributed by atoms with Gasteiger partial charge in [0.05, 0.1) is 10.2 Å². The Morgan fingerprint density at radius 3 is 3.00 bits per heavy atom. The summed E-state index contributed by atoms with van der Waals surface area (Å²) in [5.41, 5.74) is 5.66. The Hall–Kier alpha value is -1.13. The zero-order chi connectivity index (χ0) is 10.8. The lowest BCUT2D eigenvalue weighted by Gasteiger charge is -2.16. The van der Waals surface area contributed by atoms with Gasteiger partial charge in [-0.3, -0.25) is 5.01 Å². The van der Waals surface area contributed by atoms with Gasteiger partial charge in [0.25, 0.3) is 0 Å². The highest BCUT2D eigenvalue weighted by molar-refractivity contribution is 7.22. The third kappa shape index (κ3) is 1.90. The maximum atomic E-state index is 4.63. The summed E-state index contributed by atoms with van der Waals surface area (Å²) < 4.78 is 1.25. The monoisotopic (exact) mass is 232 g/mol. The van der Waals surface area contributed by atoms with Gasteiger partial charge >= 0.3 is 0 Å². The first-order valence-corrected chi connectivity index (χ1v) is 6.56. The molecule has 3 rings (SSSR count). The summed E-state index contributed by atoms with van der Waals surface area (Å²) >= 11 is 1.73. The van der Waals surface area contributed by atoms with Gasteiger partial charge in [-0.15, -0.1) is 5.43 Å². The van der Waals surface area contributed by atoms with Crippen molar-refractivity contribution in [2.75, 3.05) is 18.1 Å². The molecule has 4 heteroatoms. The van der Waals surface area contributed by atoms with Crippen molar-refractivity contribution < 1.29 is 0 Å². The van der Waals surface area contributed by atoms with E-state index in [0.717, 1.165) is 23.7 Å². The Balaban J connectivity index is 1.92. The minimum atomic E-state index is 0.940. The highest BCUT2D eigenvalue weighted by Crippen LogP contribution is 2.28. The molecule has 0 saturated carbocycles. The summed E-state index contributed by atoms with van der Waals surface area (Å²) in [5.74, 6) is 0. The SMILES string of the molecule is c1ccc2sc(N3CCCCC[N]3)nc2c1. The van der Waals surface area contributed by atoms with E-state index in [4.69, 9.17) is 0 Å². The number of nitrogens with zero attached hydrogens (tertiary/aromatic N) is 3. The lowest BCUT2D eigenvalue weighted by atomic mass is 10.2. The fraction of sp³-hybridized carbons (Fsp3) is 0.417. The van der Waals surface area contributed by atoms with Crippen LogP contribution in [0.4, 0.5) is 5.13 Å². The fourth-order valence-electron chi connectivity index (χ4n) is 1.94. The lowest BCUT2D eigenvalue weighted by Crippen LogP contribution is -2.31. The van der Waals surface area contributed by atoms with Gasteiger partial charge in [-0.2, -0.15) is 0 Å². The quantitative estimate of drug-likeness (QED) is 0.757. The smallest absolute Gasteiger partial charge is 0.202 e. The van der Waals surface area contributed by atoms with E-state index in [1.54, 1.807) is 11.3 Å². The Bertz CT molecular complexity index is 439. The van der Waals surface area contributed by atoms with Crippen LogP contribution in [0.3, 0.4) is 0 Å². The van der Waals surface area contributed by atoms with E-state index in [1.807, 2.05) is 6.07 Å². The van der Waals surface area contributed by atoms with Crippen molar-refractivity contribution in [3.05, 3.63) is 24.3 Å². The normalized spacial score (nSPS) is 17.6. The molecule has 1 aliphatic rings. The topological polar surface area (TPSA) is 30.2 Å². The molecule has 0 bridgehead atoms. The summed E-state index contributed by atoms with van der Waals surface area (Å²) in [4.78, 5) is 4.63. The number of aromatic nitrogens is 1. The van der Waals surface area contributed by atoms with Gasteiger partial charge in [-0.1, -0.05) is 29.9 Å². The van der Waals surface area contributed by atoms with Crippen LogP contribution in [0.1, 0.15) is 19.3 Å². The highest BCUT2D eigenvalue weighted by Gasteiger charge is 2.14. The first-order chi connectivity index (χ1) is 7.93. The zero-order valence-electron chi connectivity index (χ0n) is 9.09. The molecule has 1 fully saturated rings. The van der Waals surface area contributed by atoms with Crippen LogP contribution in [0.5, 0.6) is 0 Å². The predicted octanol–water partition coefficient (Wildman–Crippen LogP) is 2.81. The molecule has 1 aromatic heterocycles. The molecular weight excluding hydrogens is 218 g/mol. The minimum absolute atomic E-state index is 0.940. The number of benzene rings is 1. The van der Waals surface area contributed by atoms with Crippen molar-refractivity contribution in [1.82, 2.24) is 10.4 Å². The van der Waals surface area contributed by atoms with Crippen molar-refractivity contribution in [3.8, 4) is 0 Å². The number of anilines is 1. The molecule has 0 atom stereocenters. The van der Waals surface area contributed by atoms with Gasteiger partial charge in [-0.05, 0) is 25.0 Å². The van der Waals surface area contributed by atoms with Gasteiger partial charge in [0.1, 0.15) is 0 Å². The van der Waals surface area contributed by atoms with Crippen LogP contribution in [0.15, 0.2) is 24.3 Å². The molecule has 2 aromatic rings. The van der Waals surface area contributed by atoms with Crippen molar-refractivity contribution in [3.63, 3.8) is 0 Å². The number of fused-ring (bicyclic) bond motifs is 1. The molecule has 0 aliphatic carbocycles. The third-order valence-corrected chi connectivity index (χ3v) is 3.85. The zero-order valence-corrected chi connectivity index (χ0v) is 9.91. The maximum absolute atomic E-state index is 4.63. The minimum Gasteiger partial charge on any atom is -0.266 e. The lowest BCUT2D eigenvalue weighted by molar-refractivity contribution is 0.645. The average Bonchev–Trinajstić information content (AvgIpc) is 2.56. The Morgan fingerprint density at radius 2 is 2.06 bits per heavy atom. The van der Waals surface area contributed by atoms with E-state index in [0.29, 0.717) is 0 Å². The molecule has 0 spiro atoms. The second-order valence-electron chi connectivity index (χ2n) is 4.01. The van der Waals surface area contributed by atoms with Crippen LogP contribution < -0.4 is 10.4 Å². The first-order valence-electron chi connectivity index (χ1n) is 5.74. The van der Waals surface area contributed by atoms with Crippen LogP contribution >= 0.6 is 11.3 Å². The molecule has 0 N–H and O–H groups in total. The molecule has 1 saturated heterocycles. The van der Waals surface area contributed by atoms with Gasteiger partial charge < -0.3 is 0 Å².